The molecule has 0 saturated carbocycles. The number of amides is 1. The van der Waals surface area contributed by atoms with Gasteiger partial charge in [0.05, 0.1) is 19.8 Å². The van der Waals surface area contributed by atoms with Crippen LogP contribution in [0.3, 0.4) is 0 Å². The Labute approximate surface area is 143 Å². The van der Waals surface area contributed by atoms with Gasteiger partial charge in [-0.15, -0.1) is 0 Å². The van der Waals surface area contributed by atoms with Gasteiger partial charge in [-0.25, -0.2) is 0 Å². The van der Waals surface area contributed by atoms with Crippen molar-refractivity contribution in [3.8, 4) is 11.5 Å². The quantitative estimate of drug-likeness (QED) is 0.849. The summed E-state index contributed by atoms with van der Waals surface area (Å²) in [6, 6.07) is 13.6. The average molecular weight is 328 g/mol. The molecule has 0 saturated heterocycles. The fourth-order valence-corrected chi connectivity index (χ4v) is 2.43. The van der Waals surface area contributed by atoms with Crippen LogP contribution in [-0.4, -0.2) is 40.3 Å². The van der Waals surface area contributed by atoms with Gasteiger partial charge in [0, 0.05) is 25.8 Å². The Bertz CT molecular complexity index is 684. The molecule has 2 rings (SSSR count). The van der Waals surface area contributed by atoms with Crippen molar-refractivity contribution in [1.29, 1.82) is 0 Å². The molecule has 0 heterocycles. The summed E-state index contributed by atoms with van der Waals surface area (Å²) in [6.07, 6.45) is 0. The average Bonchev–Trinajstić information content (AvgIpc) is 2.61. The van der Waals surface area contributed by atoms with E-state index in [0.717, 1.165) is 5.69 Å². The predicted molar refractivity (Wildman–Crippen MR) is 96.3 cm³/mol. The highest BCUT2D eigenvalue weighted by atomic mass is 16.5. The summed E-state index contributed by atoms with van der Waals surface area (Å²) < 4.78 is 10.5. The molecule has 0 aliphatic heterocycles. The lowest BCUT2D eigenvalue weighted by Crippen LogP contribution is -2.33. The number of carbonyl (C=O) groups is 1. The van der Waals surface area contributed by atoms with Gasteiger partial charge in [0.25, 0.3) is 5.91 Å². The smallest absolute Gasteiger partial charge is 0.255 e. The first-order valence-corrected chi connectivity index (χ1v) is 7.83. The zero-order valence-corrected chi connectivity index (χ0v) is 14.6. The zero-order valence-electron chi connectivity index (χ0n) is 14.6. The third-order valence-electron chi connectivity index (χ3n) is 3.86. The SMILES string of the molecule is COc1cccc(C(=O)NCCN(C)c2ccc(C)cc2)c1OC. The van der Waals surface area contributed by atoms with Crippen LogP contribution in [0.4, 0.5) is 5.69 Å². The third kappa shape index (κ3) is 4.19. The topological polar surface area (TPSA) is 50.8 Å². The molecule has 0 unspecified atom stereocenters. The van der Waals surface area contributed by atoms with Crippen molar-refractivity contribution >= 4 is 11.6 Å². The Balaban J connectivity index is 1.95. The maximum absolute atomic E-state index is 12.4. The minimum atomic E-state index is -0.178. The molecule has 0 atom stereocenters. The molecule has 2 aromatic carbocycles. The fraction of sp³-hybridized carbons (Fsp3) is 0.316. The Kier molecular flexibility index (Phi) is 6.07. The third-order valence-corrected chi connectivity index (χ3v) is 3.86. The van der Waals surface area contributed by atoms with E-state index in [9.17, 15) is 4.79 Å². The Hall–Kier alpha value is -2.69. The number of para-hydroxylation sites is 1. The second-order valence-electron chi connectivity index (χ2n) is 5.55. The summed E-state index contributed by atoms with van der Waals surface area (Å²) in [7, 11) is 5.08. The van der Waals surface area contributed by atoms with Gasteiger partial charge in [-0.2, -0.15) is 0 Å². The summed E-state index contributed by atoms with van der Waals surface area (Å²) in [5, 5.41) is 2.92. The van der Waals surface area contributed by atoms with Gasteiger partial charge < -0.3 is 19.7 Å². The normalized spacial score (nSPS) is 10.2. The molecule has 24 heavy (non-hydrogen) atoms. The standard InChI is InChI=1S/C19H24N2O3/c1-14-8-10-15(11-9-14)21(2)13-12-20-19(22)16-6-5-7-17(23-3)18(16)24-4/h5-11H,12-13H2,1-4H3,(H,20,22). The first kappa shape index (κ1) is 17.7. The maximum Gasteiger partial charge on any atom is 0.255 e. The van der Waals surface area contributed by atoms with E-state index in [0.29, 0.717) is 30.2 Å². The Morgan fingerprint density at radius 2 is 1.79 bits per heavy atom. The van der Waals surface area contributed by atoms with Crippen molar-refractivity contribution in [2.45, 2.75) is 6.92 Å². The highest BCUT2D eigenvalue weighted by Gasteiger charge is 2.16. The van der Waals surface area contributed by atoms with Gasteiger partial charge in [-0.05, 0) is 31.2 Å². The number of methoxy groups -OCH3 is 2. The number of aryl methyl sites for hydroxylation is 1. The highest BCUT2D eigenvalue weighted by Crippen LogP contribution is 2.30. The van der Waals surface area contributed by atoms with E-state index < -0.39 is 0 Å². The number of anilines is 1. The molecule has 1 amide bonds. The minimum absolute atomic E-state index is 0.178. The summed E-state index contributed by atoms with van der Waals surface area (Å²) >= 11 is 0. The van der Waals surface area contributed by atoms with E-state index in [1.165, 1.54) is 12.7 Å². The molecule has 0 spiro atoms. The summed E-state index contributed by atoms with van der Waals surface area (Å²) in [5.74, 6) is 0.814. The molecular weight excluding hydrogens is 304 g/mol. The van der Waals surface area contributed by atoms with E-state index in [4.69, 9.17) is 9.47 Å². The lowest BCUT2D eigenvalue weighted by Gasteiger charge is -2.20. The fourth-order valence-electron chi connectivity index (χ4n) is 2.43. The van der Waals surface area contributed by atoms with Crippen molar-refractivity contribution in [2.75, 3.05) is 39.3 Å². The number of benzene rings is 2. The number of ether oxygens (including phenoxy) is 2. The van der Waals surface area contributed by atoms with Crippen molar-refractivity contribution in [1.82, 2.24) is 5.32 Å². The van der Waals surface area contributed by atoms with Crippen molar-refractivity contribution < 1.29 is 14.3 Å². The molecule has 0 aliphatic carbocycles. The molecule has 0 bridgehead atoms. The number of carbonyl (C=O) groups excluding carboxylic acids is 1. The van der Waals surface area contributed by atoms with Crippen LogP contribution in [0.1, 0.15) is 15.9 Å². The summed E-state index contributed by atoms with van der Waals surface area (Å²) in [6.45, 7) is 3.30. The molecule has 5 heteroatoms. The number of nitrogens with one attached hydrogen (secondary N) is 1. The molecule has 0 fully saturated rings. The lowest BCUT2D eigenvalue weighted by atomic mass is 10.1. The van der Waals surface area contributed by atoms with Crippen LogP contribution in [-0.2, 0) is 0 Å². The predicted octanol–water partition coefficient (Wildman–Crippen LogP) is 2.88. The van der Waals surface area contributed by atoms with Crippen molar-refractivity contribution in [3.05, 3.63) is 53.6 Å². The molecule has 0 aliphatic rings. The number of rotatable bonds is 7. The number of hydrogen-bond donors (Lipinski definition) is 1. The van der Waals surface area contributed by atoms with Crippen LogP contribution in [0, 0.1) is 6.92 Å². The maximum atomic E-state index is 12.4. The van der Waals surface area contributed by atoms with Crippen molar-refractivity contribution in [2.24, 2.45) is 0 Å². The number of likely N-dealkylation sites (N-methyl/N-ethyl adjacent to an activating group) is 1. The van der Waals surface area contributed by atoms with E-state index in [1.807, 2.05) is 7.05 Å². The molecule has 0 radical (unpaired) electrons. The van der Waals surface area contributed by atoms with Crippen molar-refractivity contribution in [3.63, 3.8) is 0 Å². The van der Waals surface area contributed by atoms with Crippen LogP contribution in [0.5, 0.6) is 11.5 Å². The van der Waals surface area contributed by atoms with Gasteiger partial charge in [0.2, 0.25) is 0 Å². The van der Waals surface area contributed by atoms with E-state index >= 15 is 0 Å². The van der Waals surface area contributed by atoms with Gasteiger partial charge >= 0.3 is 0 Å². The molecule has 1 N–H and O–H groups in total. The Morgan fingerprint density at radius 1 is 1.08 bits per heavy atom. The van der Waals surface area contributed by atoms with Crippen LogP contribution in [0.15, 0.2) is 42.5 Å². The second-order valence-corrected chi connectivity index (χ2v) is 5.55. The van der Waals surface area contributed by atoms with E-state index in [-0.39, 0.29) is 5.91 Å². The second kappa shape index (κ2) is 8.24. The van der Waals surface area contributed by atoms with Crippen LogP contribution < -0.4 is 19.7 Å². The van der Waals surface area contributed by atoms with E-state index in [2.05, 4.69) is 41.4 Å². The first-order chi connectivity index (χ1) is 11.6. The van der Waals surface area contributed by atoms with Gasteiger partial charge in [0.1, 0.15) is 0 Å². The minimum Gasteiger partial charge on any atom is -0.493 e. The Morgan fingerprint density at radius 3 is 2.42 bits per heavy atom. The van der Waals surface area contributed by atoms with Gasteiger partial charge in [-0.1, -0.05) is 23.8 Å². The zero-order chi connectivity index (χ0) is 17.5. The molecule has 128 valence electrons. The summed E-state index contributed by atoms with van der Waals surface area (Å²) in [4.78, 5) is 14.5. The largest absolute Gasteiger partial charge is 0.493 e. The van der Waals surface area contributed by atoms with Crippen LogP contribution in [0.2, 0.25) is 0 Å². The van der Waals surface area contributed by atoms with Gasteiger partial charge in [-0.3, -0.25) is 4.79 Å². The first-order valence-electron chi connectivity index (χ1n) is 7.83. The van der Waals surface area contributed by atoms with E-state index in [1.54, 1.807) is 25.3 Å². The summed E-state index contributed by atoms with van der Waals surface area (Å²) in [5.41, 5.74) is 2.81. The monoisotopic (exact) mass is 328 g/mol. The van der Waals surface area contributed by atoms with Gasteiger partial charge in [0.15, 0.2) is 11.5 Å². The molecule has 2 aromatic rings. The van der Waals surface area contributed by atoms with Crippen LogP contribution >= 0.6 is 0 Å². The number of nitrogens with zero attached hydrogens (tertiary/aromatic N) is 1. The molecule has 0 aromatic heterocycles. The molecule has 5 nitrogen and oxygen atoms in total. The van der Waals surface area contributed by atoms with Crippen LogP contribution in [0.25, 0.3) is 0 Å². The number of hydrogen-bond acceptors (Lipinski definition) is 4. The highest BCUT2D eigenvalue weighted by molar-refractivity contribution is 5.97. The lowest BCUT2D eigenvalue weighted by molar-refractivity contribution is 0.0951. The molecular formula is C19H24N2O3.